The van der Waals surface area contributed by atoms with E-state index in [2.05, 4.69) is 0 Å². The summed E-state index contributed by atoms with van der Waals surface area (Å²) >= 11 is 0. The van der Waals surface area contributed by atoms with Gasteiger partial charge in [0, 0.05) is 19.2 Å². The zero-order valence-electron chi connectivity index (χ0n) is 12.4. The Balaban J connectivity index is 1.93. The maximum atomic E-state index is 12.1. The number of aliphatic hydroxyl groups is 1. The van der Waals surface area contributed by atoms with Gasteiger partial charge in [0.25, 0.3) is 0 Å². The van der Waals surface area contributed by atoms with Crippen LogP contribution in [0.15, 0.2) is 0 Å². The molecule has 4 nitrogen and oxygen atoms in total. The smallest absolute Gasteiger partial charge is 0.410 e. The molecule has 1 N–H and O–H groups in total. The highest BCUT2D eigenvalue weighted by molar-refractivity contribution is 5.69. The number of carbonyl (C=O) groups is 1. The molecule has 0 bridgehead atoms. The molecule has 0 aromatic rings. The Morgan fingerprint density at radius 3 is 2.42 bits per heavy atom. The van der Waals surface area contributed by atoms with Gasteiger partial charge in [-0.25, -0.2) is 4.79 Å². The number of aliphatic hydroxyl groups excluding tert-OH is 1. The van der Waals surface area contributed by atoms with Crippen molar-refractivity contribution in [2.24, 2.45) is 11.8 Å². The number of carbonyl (C=O) groups excluding carboxylic acids is 1. The minimum atomic E-state index is -0.430. The monoisotopic (exact) mass is 269 g/mol. The van der Waals surface area contributed by atoms with Crippen LogP contribution in [0.4, 0.5) is 4.79 Å². The fourth-order valence-corrected chi connectivity index (χ4v) is 3.16. The Labute approximate surface area is 116 Å². The van der Waals surface area contributed by atoms with E-state index in [0.717, 1.165) is 19.4 Å². The molecule has 0 aromatic carbocycles. The number of rotatable bonds is 4. The molecule has 0 spiro atoms. The van der Waals surface area contributed by atoms with Gasteiger partial charge in [-0.15, -0.1) is 0 Å². The van der Waals surface area contributed by atoms with Crippen molar-refractivity contribution in [3.63, 3.8) is 0 Å². The third-order valence-corrected chi connectivity index (χ3v) is 4.41. The molecule has 0 radical (unpaired) electrons. The molecule has 2 rings (SSSR count). The van der Waals surface area contributed by atoms with Gasteiger partial charge in [-0.1, -0.05) is 19.3 Å². The Morgan fingerprint density at radius 1 is 1.37 bits per heavy atom. The minimum absolute atomic E-state index is 0.189. The number of hydrogen-bond acceptors (Lipinski definition) is 3. The van der Waals surface area contributed by atoms with E-state index in [1.165, 1.54) is 19.3 Å². The summed E-state index contributed by atoms with van der Waals surface area (Å²) in [6.07, 6.45) is 5.49. The molecule has 1 saturated heterocycles. The van der Waals surface area contributed by atoms with Gasteiger partial charge >= 0.3 is 6.09 Å². The molecule has 4 heteroatoms. The third-order valence-electron chi connectivity index (χ3n) is 4.41. The van der Waals surface area contributed by atoms with Crippen molar-refractivity contribution in [1.29, 1.82) is 0 Å². The van der Waals surface area contributed by atoms with Crippen LogP contribution in [0, 0.1) is 11.8 Å². The zero-order chi connectivity index (χ0) is 14.0. The van der Waals surface area contributed by atoms with E-state index in [1.54, 1.807) is 0 Å². The Kier molecular flexibility index (Phi) is 4.39. The van der Waals surface area contributed by atoms with Gasteiger partial charge in [0.15, 0.2) is 0 Å². The van der Waals surface area contributed by atoms with E-state index >= 15 is 0 Å². The molecule has 0 aromatic heterocycles. The molecular formula is C15H27NO3. The summed E-state index contributed by atoms with van der Waals surface area (Å²) in [5.74, 6) is 1.16. The van der Waals surface area contributed by atoms with Gasteiger partial charge in [0.2, 0.25) is 0 Å². The Bertz CT molecular complexity index is 320. The topological polar surface area (TPSA) is 49.8 Å². The normalized spacial score (nSPS) is 25.5. The molecule has 1 saturated carbocycles. The number of amides is 1. The summed E-state index contributed by atoms with van der Waals surface area (Å²) in [6.45, 7) is 6.72. The summed E-state index contributed by atoms with van der Waals surface area (Å²) in [6, 6.07) is 0.285. The fraction of sp³-hybridized carbons (Fsp3) is 0.933. The largest absolute Gasteiger partial charge is 0.444 e. The SMILES string of the molecule is CC(C)(C)OC(=O)N1CCC1C(CCO)C1CCC1. The summed E-state index contributed by atoms with van der Waals surface area (Å²) in [5, 5.41) is 9.25. The molecule has 1 aliphatic heterocycles. The van der Waals surface area contributed by atoms with Crippen molar-refractivity contribution in [1.82, 2.24) is 4.90 Å². The standard InChI is InChI=1S/C15H27NO3/c1-15(2,3)19-14(18)16-9-7-13(16)12(8-10-17)11-5-4-6-11/h11-13,17H,4-10H2,1-3H3. The van der Waals surface area contributed by atoms with Crippen LogP contribution in [0.3, 0.4) is 0 Å². The predicted octanol–water partition coefficient (Wildman–Crippen LogP) is 2.79. The van der Waals surface area contributed by atoms with Crippen molar-refractivity contribution in [3.8, 4) is 0 Å². The predicted molar refractivity (Wildman–Crippen MR) is 73.9 cm³/mol. The second kappa shape index (κ2) is 5.70. The van der Waals surface area contributed by atoms with Gasteiger partial charge in [0.1, 0.15) is 5.60 Å². The molecule has 19 heavy (non-hydrogen) atoms. The van der Waals surface area contributed by atoms with Crippen LogP contribution in [0.25, 0.3) is 0 Å². The number of likely N-dealkylation sites (tertiary alicyclic amines) is 1. The van der Waals surface area contributed by atoms with E-state index in [4.69, 9.17) is 4.74 Å². The van der Waals surface area contributed by atoms with Gasteiger partial charge in [0.05, 0.1) is 0 Å². The molecule has 2 fully saturated rings. The summed E-state index contributed by atoms with van der Waals surface area (Å²) in [7, 11) is 0. The molecule has 110 valence electrons. The van der Waals surface area contributed by atoms with Crippen molar-refractivity contribution < 1.29 is 14.6 Å². The molecule has 1 heterocycles. The lowest BCUT2D eigenvalue weighted by Gasteiger charge is -2.49. The molecule has 2 atom stereocenters. The molecule has 1 amide bonds. The van der Waals surface area contributed by atoms with Crippen LogP contribution in [0.1, 0.15) is 52.9 Å². The summed E-state index contributed by atoms with van der Waals surface area (Å²) < 4.78 is 5.46. The maximum absolute atomic E-state index is 12.1. The summed E-state index contributed by atoms with van der Waals surface area (Å²) in [5.41, 5.74) is -0.430. The van der Waals surface area contributed by atoms with Crippen LogP contribution in [-0.2, 0) is 4.74 Å². The minimum Gasteiger partial charge on any atom is -0.444 e. The van der Waals surface area contributed by atoms with Crippen LogP contribution in [0.2, 0.25) is 0 Å². The van der Waals surface area contributed by atoms with E-state index in [1.807, 2.05) is 25.7 Å². The lowest BCUT2D eigenvalue weighted by Crippen LogP contribution is -2.57. The quantitative estimate of drug-likeness (QED) is 0.853. The van der Waals surface area contributed by atoms with E-state index in [-0.39, 0.29) is 18.7 Å². The second-order valence-electron chi connectivity index (χ2n) is 6.90. The first-order chi connectivity index (χ1) is 8.92. The molecule has 1 aliphatic carbocycles. The van der Waals surface area contributed by atoms with Crippen molar-refractivity contribution in [3.05, 3.63) is 0 Å². The van der Waals surface area contributed by atoms with E-state index in [9.17, 15) is 9.90 Å². The first-order valence-electron chi connectivity index (χ1n) is 7.53. The lowest BCUT2D eigenvalue weighted by molar-refractivity contribution is -0.0361. The Hall–Kier alpha value is -0.770. The second-order valence-corrected chi connectivity index (χ2v) is 6.90. The number of ether oxygens (including phenoxy) is 1. The summed E-state index contributed by atoms with van der Waals surface area (Å²) in [4.78, 5) is 14.0. The van der Waals surface area contributed by atoms with Crippen LogP contribution in [0.5, 0.6) is 0 Å². The fourth-order valence-electron chi connectivity index (χ4n) is 3.16. The van der Waals surface area contributed by atoms with Crippen molar-refractivity contribution in [2.75, 3.05) is 13.2 Å². The average molecular weight is 269 g/mol. The van der Waals surface area contributed by atoms with E-state index < -0.39 is 5.60 Å². The van der Waals surface area contributed by atoms with Crippen molar-refractivity contribution >= 4 is 6.09 Å². The third kappa shape index (κ3) is 3.41. The zero-order valence-corrected chi connectivity index (χ0v) is 12.4. The molecule has 2 aliphatic rings. The van der Waals surface area contributed by atoms with Gasteiger partial charge in [-0.3, -0.25) is 0 Å². The Morgan fingerprint density at radius 2 is 2.05 bits per heavy atom. The molecular weight excluding hydrogens is 242 g/mol. The first-order valence-corrected chi connectivity index (χ1v) is 7.53. The van der Waals surface area contributed by atoms with Crippen LogP contribution in [-0.4, -0.2) is 40.9 Å². The first kappa shape index (κ1) is 14.6. The lowest BCUT2D eigenvalue weighted by atomic mass is 9.69. The maximum Gasteiger partial charge on any atom is 0.410 e. The van der Waals surface area contributed by atoms with Gasteiger partial charge in [-0.05, 0) is 45.4 Å². The average Bonchev–Trinajstić information content (AvgIpc) is 2.09. The highest BCUT2D eigenvalue weighted by Gasteiger charge is 2.43. The highest BCUT2D eigenvalue weighted by Crippen LogP contribution is 2.42. The van der Waals surface area contributed by atoms with Crippen LogP contribution >= 0.6 is 0 Å². The number of nitrogens with zero attached hydrogens (tertiary/aromatic N) is 1. The van der Waals surface area contributed by atoms with E-state index in [0.29, 0.717) is 11.8 Å². The van der Waals surface area contributed by atoms with Gasteiger partial charge in [-0.2, -0.15) is 0 Å². The van der Waals surface area contributed by atoms with Crippen LogP contribution < -0.4 is 0 Å². The van der Waals surface area contributed by atoms with Gasteiger partial charge < -0.3 is 14.7 Å². The highest BCUT2D eigenvalue weighted by atomic mass is 16.6. The number of hydrogen-bond donors (Lipinski definition) is 1. The van der Waals surface area contributed by atoms with Crippen molar-refractivity contribution in [2.45, 2.75) is 64.5 Å². The molecule has 2 unspecified atom stereocenters.